The van der Waals surface area contributed by atoms with Crippen LogP contribution in [-0.4, -0.2) is 24.1 Å². The summed E-state index contributed by atoms with van der Waals surface area (Å²) < 4.78 is 103. The van der Waals surface area contributed by atoms with E-state index in [2.05, 4.69) is 5.10 Å². The molecule has 4 N–H and O–H groups in total. The summed E-state index contributed by atoms with van der Waals surface area (Å²) in [5.74, 6) is -2.82. The van der Waals surface area contributed by atoms with Crippen LogP contribution < -0.4 is 10.9 Å². The predicted octanol–water partition coefficient (Wildman–Crippen LogP) is 3.83. The first-order valence-electron chi connectivity index (χ1n) is 8.95. The Bertz CT molecular complexity index is 1370. The molecular weight excluding hydrogens is 514 g/mol. The summed E-state index contributed by atoms with van der Waals surface area (Å²) in [5.41, 5.74) is 1.97. The Kier molecular flexibility index (Phi) is 6.45. The van der Waals surface area contributed by atoms with E-state index < -0.39 is 60.9 Å². The molecule has 0 saturated heterocycles. The number of primary sulfonamides is 1. The fourth-order valence-corrected chi connectivity index (χ4v) is 4.31. The molecule has 0 bridgehead atoms. The van der Waals surface area contributed by atoms with Crippen LogP contribution >= 0.6 is 11.6 Å². The summed E-state index contributed by atoms with van der Waals surface area (Å²) in [4.78, 5) is 11.4. The molecule has 7 nitrogen and oxygen atoms in total. The van der Waals surface area contributed by atoms with E-state index in [0.717, 1.165) is 30.3 Å². The average Bonchev–Trinajstić information content (AvgIpc) is 3.18. The van der Waals surface area contributed by atoms with E-state index in [1.165, 1.54) is 0 Å². The lowest BCUT2D eigenvalue weighted by Crippen LogP contribution is -2.24. The zero-order valence-electron chi connectivity index (χ0n) is 16.5. The van der Waals surface area contributed by atoms with Crippen LogP contribution in [0, 0.1) is 0 Å². The molecule has 182 valence electrons. The molecule has 0 radical (unpaired) electrons. The third-order valence-corrected chi connectivity index (χ3v) is 6.07. The van der Waals surface area contributed by atoms with Gasteiger partial charge in [0.05, 0.1) is 34.0 Å². The van der Waals surface area contributed by atoms with Gasteiger partial charge in [-0.2, -0.15) is 31.4 Å². The van der Waals surface area contributed by atoms with Crippen LogP contribution in [0.1, 0.15) is 28.2 Å². The highest BCUT2D eigenvalue weighted by molar-refractivity contribution is 7.89. The number of alkyl halides is 6. The van der Waals surface area contributed by atoms with Crippen molar-refractivity contribution in [1.29, 1.82) is 0 Å². The van der Waals surface area contributed by atoms with Crippen LogP contribution in [-0.2, 0) is 27.2 Å². The summed E-state index contributed by atoms with van der Waals surface area (Å²) in [6.45, 7) is 0. The van der Waals surface area contributed by atoms with Crippen molar-refractivity contribution >= 4 is 27.5 Å². The number of halogens is 7. The van der Waals surface area contributed by atoms with Gasteiger partial charge < -0.3 is 5.73 Å². The zero-order chi connectivity index (χ0) is 25.6. The van der Waals surface area contributed by atoms with E-state index in [1.807, 2.05) is 0 Å². The first-order valence-corrected chi connectivity index (χ1v) is 10.9. The first kappa shape index (κ1) is 25.5. The SMILES string of the molecule is NC(=O)C(c1ccc(-n2cc(C(F)(F)F)cn2)c(S(N)(=O)=O)c1)c1cccc(C(F)(F)F)c1Cl. The summed E-state index contributed by atoms with van der Waals surface area (Å²) in [6, 6.07) is 5.65. The van der Waals surface area contributed by atoms with Gasteiger partial charge in [0.15, 0.2) is 0 Å². The Morgan fingerprint density at radius 1 is 1.06 bits per heavy atom. The maximum Gasteiger partial charge on any atom is 0.419 e. The highest BCUT2D eigenvalue weighted by atomic mass is 35.5. The Labute approximate surface area is 193 Å². The van der Waals surface area contributed by atoms with E-state index in [0.29, 0.717) is 23.1 Å². The predicted molar refractivity (Wildman–Crippen MR) is 107 cm³/mol. The molecule has 0 spiro atoms. The molecule has 34 heavy (non-hydrogen) atoms. The number of carbonyl (C=O) groups is 1. The highest BCUT2D eigenvalue weighted by Gasteiger charge is 2.36. The number of sulfonamides is 1. The maximum atomic E-state index is 13.3. The molecule has 0 saturated carbocycles. The van der Waals surface area contributed by atoms with Gasteiger partial charge in [0, 0.05) is 6.20 Å². The van der Waals surface area contributed by atoms with Crippen molar-refractivity contribution in [1.82, 2.24) is 9.78 Å². The average molecular weight is 527 g/mol. The molecule has 1 unspecified atom stereocenters. The number of carbonyl (C=O) groups excluding carboxylic acids is 1. The third kappa shape index (κ3) is 5.03. The van der Waals surface area contributed by atoms with Gasteiger partial charge in [-0.15, -0.1) is 0 Å². The van der Waals surface area contributed by atoms with Crippen LogP contribution in [0.3, 0.4) is 0 Å². The van der Waals surface area contributed by atoms with Gasteiger partial charge in [0.25, 0.3) is 0 Å². The molecule has 0 aliphatic heterocycles. The summed E-state index contributed by atoms with van der Waals surface area (Å²) in [6.07, 6.45) is -8.66. The molecule has 0 aliphatic carbocycles. The van der Waals surface area contributed by atoms with Crippen LogP contribution in [0.5, 0.6) is 0 Å². The van der Waals surface area contributed by atoms with Gasteiger partial charge in [0.2, 0.25) is 15.9 Å². The standard InChI is InChI=1S/C19H13ClF6N4O3S/c20-16-11(2-1-3-12(16)19(24,25)26)15(17(27)31)9-4-5-13(14(6-9)34(28,32)33)30-8-10(7-29-30)18(21,22)23/h1-8,15H,(H2,27,31)(H2,28,32,33). The Morgan fingerprint density at radius 3 is 2.21 bits per heavy atom. The van der Waals surface area contributed by atoms with Crippen molar-refractivity contribution in [2.24, 2.45) is 10.9 Å². The number of aromatic nitrogens is 2. The minimum absolute atomic E-state index is 0.218. The Morgan fingerprint density at radius 2 is 1.71 bits per heavy atom. The second-order valence-electron chi connectivity index (χ2n) is 6.99. The van der Waals surface area contributed by atoms with Gasteiger partial charge in [-0.25, -0.2) is 18.2 Å². The number of primary amides is 1. The minimum atomic E-state index is -4.86. The molecule has 0 fully saturated rings. The fraction of sp³-hybridized carbons (Fsp3) is 0.158. The lowest BCUT2D eigenvalue weighted by atomic mass is 9.89. The molecule has 15 heteroatoms. The van der Waals surface area contributed by atoms with Crippen molar-refractivity contribution in [3.8, 4) is 5.69 Å². The number of benzene rings is 2. The normalized spacial score (nSPS) is 13.6. The number of rotatable bonds is 5. The zero-order valence-corrected chi connectivity index (χ0v) is 18.1. The first-order chi connectivity index (χ1) is 15.5. The molecule has 0 aliphatic rings. The van der Waals surface area contributed by atoms with E-state index in [-0.39, 0.29) is 11.1 Å². The van der Waals surface area contributed by atoms with Gasteiger partial charge >= 0.3 is 12.4 Å². The number of hydrogen-bond acceptors (Lipinski definition) is 4. The lowest BCUT2D eigenvalue weighted by Gasteiger charge is -2.20. The number of nitrogens with zero attached hydrogens (tertiary/aromatic N) is 2. The smallest absolute Gasteiger partial charge is 0.369 e. The molecule has 3 aromatic rings. The van der Waals surface area contributed by atoms with E-state index >= 15 is 0 Å². The Balaban J connectivity index is 2.22. The minimum Gasteiger partial charge on any atom is -0.369 e. The van der Waals surface area contributed by atoms with Crippen LogP contribution in [0.25, 0.3) is 5.69 Å². The summed E-state index contributed by atoms with van der Waals surface area (Å²) in [5, 5.41) is 7.86. The van der Waals surface area contributed by atoms with E-state index in [4.69, 9.17) is 22.5 Å². The molecule has 2 aromatic carbocycles. The lowest BCUT2D eigenvalue weighted by molar-refractivity contribution is -0.138. The summed E-state index contributed by atoms with van der Waals surface area (Å²) >= 11 is 5.89. The van der Waals surface area contributed by atoms with E-state index in [1.54, 1.807) is 0 Å². The number of amides is 1. The summed E-state index contributed by atoms with van der Waals surface area (Å²) in [7, 11) is -4.62. The molecule has 1 atom stereocenters. The van der Waals surface area contributed by atoms with Crippen LogP contribution in [0.4, 0.5) is 26.3 Å². The molecule has 3 rings (SSSR count). The van der Waals surface area contributed by atoms with Crippen molar-refractivity contribution < 1.29 is 39.6 Å². The van der Waals surface area contributed by atoms with Gasteiger partial charge in [-0.1, -0.05) is 29.8 Å². The monoisotopic (exact) mass is 526 g/mol. The second-order valence-corrected chi connectivity index (χ2v) is 8.89. The highest BCUT2D eigenvalue weighted by Crippen LogP contribution is 2.40. The van der Waals surface area contributed by atoms with Crippen molar-refractivity contribution in [3.05, 3.63) is 76.1 Å². The molecule has 1 amide bonds. The molecule has 1 heterocycles. The second kappa shape index (κ2) is 8.60. The van der Waals surface area contributed by atoms with Crippen molar-refractivity contribution in [2.75, 3.05) is 0 Å². The van der Waals surface area contributed by atoms with E-state index in [9.17, 15) is 39.6 Å². The van der Waals surface area contributed by atoms with Gasteiger partial charge in [-0.3, -0.25) is 4.79 Å². The topological polar surface area (TPSA) is 121 Å². The quantitative estimate of drug-likeness (QED) is 0.491. The fourth-order valence-electron chi connectivity index (χ4n) is 3.22. The largest absolute Gasteiger partial charge is 0.419 e. The van der Waals surface area contributed by atoms with Gasteiger partial charge in [0.1, 0.15) is 4.90 Å². The number of hydrogen-bond donors (Lipinski definition) is 2. The van der Waals surface area contributed by atoms with Crippen molar-refractivity contribution in [2.45, 2.75) is 23.2 Å². The van der Waals surface area contributed by atoms with Gasteiger partial charge in [-0.05, 0) is 29.3 Å². The molecular formula is C19H13ClF6N4O3S. The molecule has 1 aromatic heterocycles. The Hall–Kier alpha value is -3.10. The third-order valence-electron chi connectivity index (χ3n) is 4.71. The number of nitrogens with two attached hydrogens (primary N) is 2. The van der Waals surface area contributed by atoms with Crippen LogP contribution in [0.15, 0.2) is 53.7 Å². The van der Waals surface area contributed by atoms with Crippen molar-refractivity contribution in [3.63, 3.8) is 0 Å². The maximum absolute atomic E-state index is 13.3. The van der Waals surface area contributed by atoms with Crippen LogP contribution in [0.2, 0.25) is 5.02 Å².